The fraction of sp³-hybridized carbons (Fsp3) is 0.174. The van der Waals surface area contributed by atoms with Gasteiger partial charge in [0.1, 0.15) is 12.4 Å². The van der Waals surface area contributed by atoms with E-state index >= 15 is 0 Å². The molecule has 0 bridgehead atoms. The maximum absolute atomic E-state index is 12.8. The Hall–Kier alpha value is -3.32. The molecule has 0 radical (unpaired) electrons. The van der Waals surface area contributed by atoms with Crippen molar-refractivity contribution in [3.8, 4) is 5.75 Å². The van der Waals surface area contributed by atoms with E-state index in [0.717, 1.165) is 5.75 Å². The van der Waals surface area contributed by atoms with E-state index in [-0.39, 0.29) is 16.8 Å². The summed E-state index contributed by atoms with van der Waals surface area (Å²) in [5.41, 5.74) is 0.772. The Bertz CT molecular complexity index is 1090. The largest absolute Gasteiger partial charge is 0.491 e. The number of nitrogens with zero attached hydrogens (tertiary/aromatic N) is 1. The third-order valence-electron chi connectivity index (χ3n) is 4.49. The first-order valence-corrected chi connectivity index (χ1v) is 10.9. The Kier molecular flexibility index (Phi) is 6.74. The number of rotatable bonds is 8. The van der Waals surface area contributed by atoms with Crippen LogP contribution in [0.1, 0.15) is 17.3 Å². The number of hydrogen-bond donors (Lipinski definition) is 1. The highest BCUT2D eigenvalue weighted by Gasteiger charge is 2.22. The SMILES string of the molecule is C[C@H](COc1ccccc1)NC(=O)c1cccc(N(C)S(=O)(=O)c2ccccc2)c1. The first kappa shape index (κ1) is 21.4. The lowest BCUT2D eigenvalue weighted by molar-refractivity contribution is 0.0926. The second-order valence-electron chi connectivity index (χ2n) is 6.83. The molecule has 0 aromatic heterocycles. The summed E-state index contributed by atoms with van der Waals surface area (Å²) in [6.45, 7) is 2.16. The lowest BCUT2D eigenvalue weighted by atomic mass is 10.2. The van der Waals surface area contributed by atoms with Gasteiger partial charge >= 0.3 is 0 Å². The second-order valence-corrected chi connectivity index (χ2v) is 8.80. The molecule has 0 heterocycles. The van der Waals surface area contributed by atoms with Crippen LogP contribution in [0.5, 0.6) is 5.75 Å². The lowest BCUT2D eigenvalue weighted by Crippen LogP contribution is -2.37. The van der Waals surface area contributed by atoms with Crippen LogP contribution in [0.4, 0.5) is 5.69 Å². The van der Waals surface area contributed by atoms with Gasteiger partial charge in [-0.2, -0.15) is 0 Å². The molecule has 7 heteroatoms. The van der Waals surface area contributed by atoms with E-state index < -0.39 is 10.0 Å². The smallest absolute Gasteiger partial charge is 0.264 e. The Morgan fingerprint density at radius 3 is 2.27 bits per heavy atom. The predicted octanol–water partition coefficient (Wildman–Crippen LogP) is 3.71. The molecule has 3 aromatic rings. The molecule has 6 nitrogen and oxygen atoms in total. The monoisotopic (exact) mass is 424 g/mol. The highest BCUT2D eigenvalue weighted by atomic mass is 32.2. The first-order valence-electron chi connectivity index (χ1n) is 9.50. The number of nitrogens with one attached hydrogen (secondary N) is 1. The van der Waals surface area contributed by atoms with Crippen LogP contribution in [0.15, 0.2) is 89.8 Å². The van der Waals surface area contributed by atoms with Gasteiger partial charge < -0.3 is 10.1 Å². The van der Waals surface area contributed by atoms with Crippen molar-refractivity contribution in [2.75, 3.05) is 18.0 Å². The molecule has 3 rings (SSSR count). The zero-order chi connectivity index (χ0) is 21.6. The number of sulfonamides is 1. The molecule has 1 N–H and O–H groups in total. The molecule has 0 aliphatic carbocycles. The molecule has 1 atom stereocenters. The molecule has 156 valence electrons. The van der Waals surface area contributed by atoms with Crippen molar-refractivity contribution in [2.45, 2.75) is 17.9 Å². The van der Waals surface area contributed by atoms with Crippen LogP contribution in [0.2, 0.25) is 0 Å². The van der Waals surface area contributed by atoms with Gasteiger partial charge in [-0.25, -0.2) is 8.42 Å². The summed E-state index contributed by atoms with van der Waals surface area (Å²) in [7, 11) is -2.25. The molecule has 1 amide bonds. The van der Waals surface area contributed by atoms with Crippen LogP contribution in [-0.2, 0) is 10.0 Å². The second kappa shape index (κ2) is 9.45. The molecule has 0 saturated heterocycles. The van der Waals surface area contributed by atoms with Crippen molar-refractivity contribution >= 4 is 21.6 Å². The van der Waals surface area contributed by atoms with E-state index in [1.165, 1.54) is 23.5 Å². The summed E-state index contributed by atoms with van der Waals surface area (Å²) in [4.78, 5) is 12.8. The topological polar surface area (TPSA) is 75.7 Å². The van der Waals surface area contributed by atoms with E-state index in [2.05, 4.69) is 5.32 Å². The molecule has 0 fully saturated rings. The average molecular weight is 425 g/mol. The van der Waals surface area contributed by atoms with E-state index in [0.29, 0.717) is 17.9 Å². The van der Waals surface area contributed by atoms with Crippen molar-refractivity contribution in [1.29, 1.82) is 0 Å². The zero-order valence-corrected chi connectivity index (χ0v) is 17.7. The third kappa shape index (κ3) is 5.18. The molecule has 0 aliphatic rings. The van der Waals surface area contributed by atoms with Gasteiger partial charge in [0.15, 0.2) is 0 Å². The van der Waals surface area contributed by atoms with Gasteiger partial charge in [-0.3, -0.25) is 9.10 Å². The minimum absolute atomic E-state index is 0.189. The van der Waals surface area contributed by atoms with Gasteiger partial charge in [0.05, 0.1) is 16.6 Å². The van der Waals surface area contributed by atoms with Gasteiger partial charge in [-0.15, -0.1) is 0 Å². The summed E-state index contributed by atoms with van der Waals surface area (Å²) in [6, 6.07) is 23.8. The summed E-state index contributed by atoms with van der Waals surface area (Å²) >= 11 is 0. The van der Waals surface area contributed by atoms with Crippen LogP contribution >= 0.6 is 0 Å². The highest BCUT2D eigenvalue weighted by Crippen LogP contribution is 2.22. The van der Waals surface area contributed by atoms with E-state index in [1.54, 1.807) is 42.5 Å². The standard InChI is InChI=1S/C23H24N2O4S/c1-18(17-29-21-12-5-3-6-13-21)24-23(26)19-10-9-11-20(16-19)25(2)30(27,28)22-14-7-4-8-15-22/h3-16,18H,17H2,1-2H3,(H,24,26)/t18-/m1/s1. The number of amides is 1. The summed E-state index contributed by atoms with van der Waals surface area (Å²) < 4.78 is 32.5. The fourth-order valence-corrected chi connectivity index (χ4v) is 4.03. The van der Waals surface area contributed by atoms with Crippen LogP contribution in [0, 0.1) is 0 Å². The lowest BCUT2D eigenvalue weighted by Gasteiger charge is -2.20. The van der Waals surface area contributed by atoms with Crippen molar-refractivity contribution in [2.24, 2.45) is 0 Å². The van der Waals surface area contributed by atoms with Crippen molar-refractivity contribution in [3.63, 3.8) is 0 Å². The number of carbonyl (C=O) groups is 1. The quantitative estimate of drug-likeness (QED) is 0.598. The van der Waals surface area contributed by atoms with Gasteiger partial charge in [-0.1, -0.05) is 42.5 Å². The number of para-hydroxylation sites is 1. The molecular weight excluding hydrogens is 400 g/mol. The maximum Gasteiger partial charge on any atom is 0.264 e. The molecule has 0 unspecified atom stereocenters. The Balaban J connectivity index is 1.67. The minimum Gasteiger partial charge on any atom is -0.491 e. The van der Waals surface area contributed by atoms with Crippen molar-refractivity contribution < 1.29 is 17.9 Å². The molecule has 30 heavy (non-hydrogen) atoms. The van der Waals surface area contributed by atoms with E-state index in [9.17, 15) is 13.2 Å². The average Bonchev–Trinajstić information content (AvgIpc) is 2.78. The molecule has 0 saturated carbocycles. The van der Waals surface area contributed by atoms with E-state index in [4.69, 9.17) is 4.74 Å². The van der Waals surface area contributed by atoms with Gasteiger partial charge in [0.25, 0.3) is 15.9 Å². The number of benzene rings is 3. The van der Waals surface area contributed by atoms with Gasteiger partial charge in [0.2, 0.25) is 0 Å². The predicted molar refractivity (Wildman–Crippen MR) is 117 cm³/mol. The number of carbonyl (C=O) groups excluding carboxylic acids is 1. The Morgan fingerprint density at radius 2 is 1.60 bits per heavy atom. The summed E-state index contributed by atoms with van der Waals surface area (Å²) in [5.74, 6) is 0.430. The van der Waals surface area contributed by atoms with Gasteiger partial charge in [-0.05, 0) is 49.4 Å². The molecule has 0 spiro atoms. The van der Waals surface area contributed by atoms with Crippen molar-refractivity contribution in [3.05, 3.63) is 90.5 Å². The summed E-state index contributed by atoms with van der Waals surface area (Å²) in [5, 5.41) is 2.87. The number of ether oxygens (including phenoxy) is 1. The maximum atomic E-state index is 12.8. The number of hydrogen-bond acceptors (Lipinski definition) is 4. The Labute approximate surface area is 177 Å². The highest BCUT2D eigenvalue weighted by molar-refractivity contribution is 7.92. The van der Waals surface area contributed by atoms with Crippen LogP contribution < -0.4 is 14.4 Å². The van der Waals surface area contributed by atoms with Crippen LogP contribution in [0.25, 0.3) is 0 Å². The minimum atomic E-state index is -3.72. The van der Waals surface area contributed by atoms with Crippen molar-refractivity contribution in [1.82, 2.24) is 5.32 Å². The third-order valence-corrected chi connectivity index (χ3v) is 6.29. The number of anilines is 1. The first-order chi connectivity index (χ1) is 14.4. The normalized spacial score (nSPS) is 12.1. The Morgan fingerprint density at radius 1 is 0.967 bits per heavy atom. The fourth-order valence-electron chi connectivity index (χ4n) is 2.82. The zero-order valence-electron chi connectivity index (χ0n) is 16.9. The molecule has 0 aliphatic heterocycles. The van der Waals surface area contributed by atoms with Crippen LogP contribution in [0.3, 0.4) is 0 Å². The van der Waals surface area contributed by atoms with Crippen LogP contribution in [-0.4, -0.2) is 34.0 Å². The van der Waals surface area contributed by atoms with E-state index in [1.807, 2.05) is 37.3 Å². The molecule has 3 aromatic carbocycles. The van der Waals surface area contributed by atoms with Gasteiger partial charge in [0, 0.05) is 12.6 Å². The molecular formula is C23H24N2O4S. The summed E-state index contributed by atoms with van der Waals surface area (Å²) in [6.07, 6.45) is 0.